The molecule has 0 saturated carbocycles. The number of carbonyl (C=O) groups excluding carboxylic acids is 1. The van der Waals surface area contributed by atoms with Crippen LogP contribution in [0.25, 0.3) is 0 Å². The number of nitrogen functional groups attached to an aromatic ring is 1. The fourth-order valence-electron chi connectivity index (χ4n) is 1.74. The summed E-state index contributed by atoms with van der Waals surface area (Å²) in [5.41, 5.74) is 5.64. The first-order valence-electron chi connectivity index (χ1n) is 5.43. The number of alkyl halides is 5. The zero-order chi connectivity index (χ0) is 15.1. The normalized spacial score (nSPS) is 15.9. The number of thioether (sulfide) groups is 1. The molecule has 20 heavy (non-hydrogen) atoms. The third-order valence-electron chi connectivity index (χ3n) is 2.72. The SMILES string of the molecule is Nc1ccc2c(c1)N(C(=O)C(F)(F)C(F)(F)F)CCS2. The van der Waals surface area contributed by atoms with Crippen LogP contribution in [0, 0.1) is 0 Å². The van der Waals surface area contributed by atoms with Gasteiger partial charge in [-0.05, 0) is 18.2 Å². The number of carbonyl (C=O) groups is 1. The minimum absolute atomic E-state index is 0.0184. The molecule has 2 N–H and O–H groups in total. The average molecular weight is 312 g/mol. The molecule has 0 saturated heterocycles. The first-order chi connectivity index (χ1) is 9.14. The van der Waals surface area contributed by atoms with Crippen LogP contribution < -0.4 is 10.6 Å². The zero-order valence-corrected chi connectivity index (χ0v) is 10.7. The van der Waals surface area contributed by atoms with Crippen molar-refractivity contribution >= 4 is 29.0 Å². The summed E-state index contributed by atoms with van der Waals surface area (Å²) in [7, 11) is 0. The largest absolute Gasteiger partial charge is 0.463 e. The van der Waals surface area contributed by atoms with Crippen molar-refractivity contribution in [3.05, 3.63) is 18.2 Å². The molecule has 2 rings (SSSR count). The Morgan fingerprint density at radius 3 is 2.50 bits per heavy atom. The number of hydrogen-bond acceptors (Lipinski definition) is 3. The highest BCUT2D eigenvalue weighted by Crippen LogP contribution is 2.42. The highest BCUT2D eigenvalue weighted by Gasteiger charge is 2.65. The maximum atomic E-state index is 13.1. The lowest BCUT2D eigenvalue weighted by molar-refractivity contribution is -0.268. The molecule has 1 heterocycles. The van der Waals surface area contributed by atoms with Crippen molar-refractivity contribution in [3.8, 4) is 0 Å². The Bertz CT molecular complexity index is 546. The molecule has 1 aromatic rings. The number of nitrogens with zero attached hydrogens (tertiary/aromatic N) is 1. The average Bonchev–Trinajstić information content (AvgIpc) is 2.35. The standard InChI is InChI=1S/C11H9F5N2OS/c12-10(13,11(14,15)16)9(19)18-3-4-20-8-2-1-6(17)5-7(8)18/h1-2,5H,3-4,17H2. The molecule has 1 aromatic carbocycles. The van der Waals surface area contributed by atoms with Gasteiger partial charge in [0.25, 0.3) is 0 Å². The van der Waals surface area contributed by atoms with Crippen LogP contribution in [0.1, 0.15) is 0 Å². The predicted molar refractivity (Wildman–Crippen MR) is 64.9 cm³/mol. The van der Waals surface area contributed by atoms with E-state index in [1.165, 1.54) is 30.0 Å². The van der Waals surface area contributed by atoms with E-state index in [1.807, 2.05) is 0 Å². The van der Waals surface area contributed by atoms with Crippen LogP contribution in [-0.4, -0.2) is 30.3 Å². The van der Waals surface area contributed by atoms with Gasteiger partial charge in [0, 0.05) is 22.9 Å². The van der Waals surface area contributed by atoms with Gasteiger partial charge in [0.15, 0.2) is 0 Å². The summed E-state index contributed by atoms with van der Waals surface area (Å²) in [5, 5.41) is 0. The summed E-state index contributed by atoms with van der Waals surface area (Å²) in [4.78, 5) is 12.4. The third kappa shape index (κ3) is 2.41. The van der Waals surface area contributed by atoms with Gasteiger partial charge in [-0.2, -0.15) is 22.0 Å². The number of fused-ring (bicyclic) bond motifs is 1. The number of anilines is 2. The lowest BCUT2D eigenvalue weighted by Gasteiger charge is -2.32. The number of rotatable bonds is 1. The van der Waals surface area contributed by atoms with Crippen molar-refractivity contribution in [3.63, 3.8) is 0 Å². The molecule has 1 aliphatic rings. The number of hydrogen-bond donors (Lipinski definition) is 1. The second-order valence-electron chi connectivity index (χ2n) is 4.10. The summed E-state index contributed by atoms with van der Waals surface area (Å²) < 4.78 is 63.1. The van der Waals surface area contributed by atoms with Gasteiger partial charge in [-0.25, -0.2) is 0 Å². The van der Waals surface area contributed by atoms with Crippen LogP contribution in [0.4, 0.5) is 33.3 Å². The summed E-state index contributed by atoms with van der Waals surface area (Å²) >= 11 is 1.26. The van der Waals surface area contributed by atoms with Gasteiger partial charge >= 0.3 is 18.0 Å². The number of halogens is 5. The highest BCUT2D eigenvalue weighted by molar-refractivity contribution is 7.99. The van der Waals surface area contributed by atoms with Gasteiger partial charge in [-0.3, -0.25) is 4.79 Å². The third-order valence-corrected chi connectivity index (χ3v) is 3.76. The Balaban J connectivity index is 2.41. The van der Waals surface area contributed by atoms with Crippen LogP contribution in [0.5, 0.6) is 0 Å². The Kier molecular flexibility index (Phi) is 3.57. The Morgan fingerprint density at radius 2 is 1.90 bits per heavy atom. The van der Waals surface area contributed by atoms with Crippen LogP contribution >= 0.6 is 11.8 Å². The van der Waals surface area contributed by atoms with E-state index in [0.717, 1.165) is 0 Å². The van der Waals surface area contributed by atoms with Gasteiger partial charge in [0.05, 0.1) is 5.69 Å². The van der Waals surface area contributed by atoms with Crippen molar-refractivity contribution in [2.75, 3.05) is 22.9 Å². The lowest BCUT2D eigenvalue weighted by atomic mass is 10.2. The van der Waals surface area contributed by atoms with E-state index < -0.39 is 18.0 Å². The second kappa shape index (κ2) is 4.80. The fourth-order valence-corrected chi connectivity index (χ4v) is 2.71. The molecule has 0 fully saturated rings. The van der Waals surface area contributed by atoms with Gasteiger partial charge in [0.1, 0.15) is 0 Å². The Morgan fingerprint density at radius 1 is 1.25 bits per heavy atom. The molecule has 9 heteroatoms. The predicted octanol–water partition coefficient (Wildman–Crippen LogP) is 2.91. The van der Waals surface area contributed by atoms with Crippen LogP contribution in [-0.2, 0) is 4.79 Å². The Labute approximate surface area is 114 Å². The Hall–Kier alpha value is -1.51. The highest BCUT2D eigenvalue weighted by atomic mass is 32.2. The maximum absolute atomic E-state index is 13.1. The molecular weight excluding hydrogens is 303 g/mol. The zero-order valence-electron chi connectivity index (χ0n) is 9.88. The van der Waals surface area contributed by atoms with E-state index in [9.17, 15) is 26.7 Å². The first kappa shape index (κ1) is 14.9. The lowest BCUT2D eigenvalue weighted by Crippen LogP contribution is -2.53. The molecule has 0 radical (unpaired) electrons. The van der Waals surface area contributed by atoms with Crippen LogP contribution in [0.2, 0.25) is 0 Å². The minimum atomic E-state index is -5.92. The van der Waals surface area contributed by atoms with Crippen molar-refractivity contribution in [1.29, 1.82) is 0 Å². The van der Waals surface area contributed by atoms with Gasteiger partial charge in [-0.1, -0.05) is 0 Å². The first-order valence-corrected chi connectivity index (χ1v) is 6.42. The molecule has 0 aromatic heterocycles. The van der Waals surface area contributed by atoms with Crippen LogP contribution in [0.3, 0.4) is 0 Å². The number of nitrogens with two attached hydrogens (primary N) is 1. The number of benzene rings is 1. The smallest absolute Gasteiger partial charge is 0.399 e. The monoisotopic (exact) mass is 312 g/mol. The van der Waals surface area contributed by atoms with Crippen LogP contribution in [0.15, 0.2) is 23.1 Å². The van der Waals surface area contributed by atoms with E-state index in [0.29, 0.717) is 9.80 Å². The van der Waals surface area contributed by atoms with E-state index in [-0.39, 0.29) is 23.7 Å². The summed E-state index contributed by atoms with van der Waals surface area (Å²) in [5.74, 6) is -7.47. The van der Waals surface area contributed by atoms with Crippen molar-refractivity contribution in [2.45, 2.75) is 17.0 Å². The minimum Gasteiger partial charge on any atom is -0.399 e. The van der Waals surface area contributed by atoms with E-state index in [4.69, 9.17) is 5.73 Å². The van der Waals surface area contributed by atoms with Gasteiger partial charge < -0.3 is 10.6 Å². The van der Waals surface area contributed by atoms with Crippen molar-refractivity contribution in [1.82, 2.24) is 0 Å². The molecule has 0 unspecified atom stereocenters. The van der Waals surface area contributed by atoms with Gasteiger partial charge in [0.2, 0.25) is 0 Å². The summed E-state index contributed by atoms with van der Waals surface area (Å²) in [6.07, 6.45) is -5.92. The van der Waals surface area contributed by atoms with E-state index in [1.54, 1.807) is 0 Å². The molecule has 1 aliphatic heterocycles. The summed E-state index contributed by atoms with van der Waals surface area (Å²) in [6, 6.07) is 4.19. The van der Waals surface area contributed by atoms with E-state index in [2.05, 4.69) is 0 Å². The van der Waals surface area contributed by atoms with Crippen molar-refractivity contribution < 1.29 is 26.7 Å². The van der Waals surface area contributed by atoms with Gasteiger partial charge in [-0.15, -0.1) is 11.8 Å². The molecule has 0 atom stereocenters. The van der Waals surface area contributed by atoms with E-state index >= 15 is 0 Å². The number of amides is 1. The molecule has 110 valence electrons. The van der Waals surface area contributed by atoms with Crippen molar-refractivity contribution in [2.24, 2.45) is 0 Å². The second-order valence-corrected chi connectivity index (χ2v) is 5.24. The molecule has 0 bridgehead atoms. The fraction of sp³-hybridized carbons (Fsp3) is 0.364. The molecule has 0 spiro atoms. The topological polar surface area (TPSA) is 46.3 Å². The maximum Gasteiger partial charge on any atom is 0.463 e. The molecule has 3 nitrogen and oxygen atoms in total. The molecule has 1 amide bonds. The molecular formula is C11H9F5N2OS. The molecule has 0 aliphatic carbocycles. The quantitative estimate of drug-likeness (QED) is 0.641. The summed E-state index contributed by atoms with van der Waals surface area (Å²) in [6.45, 7) is -0.231.